The van der Waals surface area contributed by atoms with E-state index >= 15 is 0 Å². The number of hydrogen-bond donors (Lipinski definition) is 0. The fourth-order valence-corrected chi connectivity index (χ4v) is 3.82. The fraction of sp³-hybridized carbons (Fsp3) is 0.167. The van der Waals surface area contributed by atoms with Gasteiger partial charge in [-0.25, -0.2) is 0 Å². The molecule has 1 heterocycles. The molecule has 1 aliphatic rings. The van der Waals surface area contributed by atoms with Crippen molar-refractivity contribution in [3.63, 3.8) is 0 Å². The van der Waals surface area contributed by atoms with Crippen LogP contribution in [0.4, 0.5) is 0 Å². The molecule has 0 unspecified atom stereocenters. The van der Waals surface area contributed by atoms with Crippen LogP contribution in [0.3, 0.4) is 0 Å². The second kappa shape index (κ2) is 3.98. The summed E-state index contributed by atoms with van der Waals surface area (Å²) in [7, 11) is -2.18. The van der Waals surface area contributed by atoms with E-state index in [1.165, 1.54) is 0 Å². The molecule has 14 heavy (non-hydrogen) atoms. The number of allylic oxidation sites excluding steroid dienone is 4. The Morgan fingerprint density at radius 1 is 0.929 bits per heavy atom. The number of hydrogen-bond acceptors (Lipinski definition) is 1. The minimum atomic E-state index is -2.18. The van der Waals surface area contributed by atoms with E-state index < -0.39 is 7.14 Å². The molecule has 0 bridgehead atoms. The van der Waals surface area contributed by atoms with Gasteiger partial charge in [0.05, 0.1) is 0 Å². The molecule has 0 N–H and O–H groups in total. The molecule has 0 aliphatic carbocycles. The van der Waals surface area contributed by atoms with Crippen molar-refractivity contribution >= 4 is 12.4 Å². The highest BCUT2D eigenvalue weighted by molar-refractivity contribution is 7.71. The Kier molecular flexibility index (Phi) is 2.69. The van der Waals surface area contributed by atoms with Crippen molar-refractivity contribution in [2.75, 3.05) is 12.3 Å². The van der Waals surface area contributed by atoms with Gasteiger partial charge < -0.3 is 4.57 Å². The van der Waals surface area contributed by atoms with Crippen molar-refractivity contribution in [3.8, 4) is 0 Å². The van der Waals surface area contributed by atoms with Crippen LogP contribution in [0.15, 0.2) is 54.6 Å². The van der Waals surface area contributed by atoms with Gasteiger partial charge in [-0.2, -0.15) is 0 Å². The molecule has 0 spiro atoms. The van der Waals surface area contributed by atoms with E-state index in [9.17, 15) is 4.57 Å². The average molecular weight is 204 g/mol. The van der Waals surface area contributed by atoms with E-state index in [1.807, 2.05) is 54.6 Å². The van der Waals surface area contributed by atoms with E-state index in [-0.39, 0.29) is 0 Å². The predicted molar refractivity (Wildman–Crippen MR) is 61.7 cm³/mol. The maximum Gasteiger partial charge on any atom is 0.122 e. The number of rotatable bonds is 1. The summed E-state index contributed by atoms with van der Waals surface area (Å²) < 4.78 is 12.6. The summed E-state index contributed by atoms with van der Waals surface area (Å²) in [6.07, 6.45) is 9.31. The third-order valence-corrected chi connectivity index (χ3v) is 5.25. The average Bonchev–Trinajstić information content (AvgIpc) is 2.46. The van der Waals surface area contributed by atoms with Crippen LogP contribution in [0.2, 0.25) is 0 Å². The molecule has 1 aliphatic heterocycles. The first-order valence-corrected chi connectivity index (χ1v) is 6.84. The fourth-order valence-electron chi connectivity index (χ4n) is 1.60. The Morgan fingerprint density at radius 3 is 2.07 bits per heavy atom. The molecular weight excluding hydrogens is 191 g/mol. The lowest BCUT2D eigenvalue weighted by Crippen LogP contribution is -2.08. The Morgan fingerprint density at radius 2 is 1.50 bits per heavy atom. The van der Waals surface area contributed by atoms with Gasteiger partial charge in [0.15, 0.2) is 0 Å². The van der Waals surface area contributed by atoms with Gasteiger partial charge in [-0.15, -0.1) is 0 Å². The topological polar surface area (TPSA) is 17.1 Å². The van der Waals surface area contributed by atoms with Gasteiger partial charge in [0.1, 0.15) is 7.14 Å². The normalized spacial score (nSPS) is 19.1. The molecule has 2 rings (SSSR count). The molecule has 0 saturated heterocycles. The molecule has 1 aromatic rings. The van der Waals surface area contributed by atoms with E-state index in [0.29, 0.717) is 12.3 Å². The Balaban J connectivity index is 2.37. The minimum Gasteiger partial charge on any atom is -0.318 e. The monoisotopic (exact) mass is 204 g/mol. The lowest BCUT2D eigenvalue weighted by Gasteiger charge is -2.13. The van der Waals surface area contributed by atoms with E-state index in [4.69, 9.17) is 0 Å². The molecule has 0 fully saturated rings. The van der Waals surface area contributed by atoms with Crippen molar-refractivity contribution in [2.45, 2.75) is 0 Å². The third-order valence-electron chi connectivity index (χ3n) is 2.41. The van der Waals surface area contributed by atoms with Crippen molar-refractivity contribution in [3.05, 3.63) is 54.6 Å². The largest absolute Gasteiger partial charge is 0.318 e. The summed E-state index contributed by atoms with van der Waals surface area (Å²) in [5.41, 5.74) is 0. The van der Waals surface area contributed by atoms with E-state index in [1.54, 1.807) is 0 Å². The summed E-state index contributed by atoms with van der Waals surface area (Å²) in [5, 5.41) is 0.996. The summed E-state index contributed by atoms with van der Waals surface area (Å²) in [4.78, 5) is 0. The SMILES string of the molecule is O=P1(c2ccccc2)CC=CC=CC1. The van der Waals surface area contributed by atoms with Crippen LogP contribution in [0, 0.1) is 0 Å². The van der Waals surface area contributed by atoms with Gasteiger partial charge in [0, 0.05) is 17.6 Å². The maximum absolute atomic E-state index is 12.6. The smallest absolute Gasteiger partial charge is 0.122 e. The van der Waals surface area contributed by atoms with Crippen LogP contribution in [-0.4, -0.2) is 12.3 Å². The zero-order chi connectivity index (χ0) is 9.86. The Labute approximate surface area is 84.5 Å². The van der Waals surface area contributed by atoms with Gasteiger partial charge >= 0.3 is 0 Å². The Bertz CT molecular complexity index is 386. The van der Waals surface area contributed by atoms with E-state index in [0.717, 1.165) is 5.30 Å². The third kappa shape index (κ3) is 1.88. The van der Waals surface area contributed by atoms with Gasteiger partial charge in [-0.1, -0.05) is 54.6 Å². The molecule has 0 saturated carbocycles. The molecule has 0 atom stereocenters. The van der Waals surface area contributed by atoms with Gasteiger partial charge in [-0.3, -0.25) is 0 Å². The molecule has 0 aromatic heterocycles. The van der Waals surface area contributed by atoms with Crippen molar-refractivity contribution in [1.82, 2.24) is 0 Å². The van der Waals surface area contributed by atoms with E-state index in [2.05, 4.69) is 0 Å². The van der Waals surface area contributed by atoms with Crippen LogP contribution in [0.1, 0.15) is 0 Å². The lowest BCUT2D eigenvalue weighted by atomic mass is 10.4. The van der Waals surface area contributed by atoms with Crippen molar-refractivity contribution in [1.29, 1.82) is 0 Å². The second-order valence-corrected chi connectivity index (χ2v) is 6.47. The standard InChI is InChI=1S/C12H13OP/c13-14(10-6-1-2-7-11-14)12-8-4-3-5-9-12/h1-9H,10-11H2. The highest BCUT2D eigenvalue weighted by Gasteiger charge is 2.21. The maximum atomic E-state index is 12.6. The highest BCUT2D eigenvalue weighted by Crippen LogP contribution is 2.45. The highest BCUT2D eigenvalue weighted by atomic mass is 31.2. The van der Waals surface area contributed by atoms with Gasteiger partial charge in [0.25, 0.3) is 0 Å². The van der Waals surface area contributed by atoms with Crippen molar-refractivity contribution in [2.24, 2.45) is 0 Å². The zero-order valence-corrected chi connectivity index (χ0v) is 8.86. The molecule has 0 amide bonds. The minimum absolute atomic E-state index is 0.685. The first-order chi connectivity index (χ1) is 6.81. The van der Waals surface area contributed by atoms with Crippen LogP contribution in [0.25, 0.3) is 0 Å². The summed E-state index contributed by atoms with van der Waals surface area (Å²) in [6, 6.07) is 9.79. The Hall–Kier alpha value is -1.07. The summed E-state index contributed by atoms with van der Waals surface area (Å²) in [6.45, 7) is 0. The molecule has 1 aromatic carbocycles. The zero-order valence-electron chi connectivity index (χ0n) is 7.97. The van der Waals surface area contributed by atoms with Crippen LogP contribution in [-0.2, 0) is 4.57 Å². The second-order valence-electron chi connectivity index (χ2n) is 3.45. The predicted octanol–water partition coefficient (Wildman–Crippen LogP) is 2.80. The van der Waals surface area contributed by atoms with Crippen LogP contribution >= 0.6 is 7.14 Å². The number of benzene rings is 1. The van der Waals surface area contributed by atoms with Gasteiger partial charge in [0.2, 0.25) is 0 Å². The molecule has 0 radical (unpaired) electrons. The van der Waals surface area contributed by atoms with Crippen molar-refractivity contribution < 1.29 is 4.57 Å². The molecule has 1 nitrogen and oxygen atoms in total. The summed E-state index contributed by atoms with van der Waals surface area (Å²) in [5.74, 6) is 0. The molecular formula is C12H13OP. The quantitative estimate of drug-likeness (QED) is 0.643. The first-order valence-electron chi connectivity index (χ1n) is 4.77. The van der Waals surface area contributed by atoms with Crippen LogP contribution in [0.5, 0.6) is 0 Å². The first kappa shape index (κ1) is 9.48. The lowest BCUT2D eigenvalue weighted by molar-refractivity contribution is 0.585. The van der Waals surface area contributed by atoms with Gasteiger partial charge in [-0.05, 0) is 0 Å². The summed E-state index contributed by atoms with van der Waals surface area (Å²) >= 11 is 0. The van der Waals surface area contributed by atoms with Crippen LogP contribution < -0.4 is 5.30 Å². The molecule has 2 heteroatoms. The molecule has 72 valence electrons.